The molecule has 23 heavy (non-hydrogen) atoms. The lowest BCUT2D eigenvalue weighted by molar-refractivity contribution is -0.301. The lowest BCUT2D eigenvalue weighted by Crippen LogP contribution is -2.58. The molecule has 5 nitrogen and oxygen atoms in total. The van der Waals surface area contributed by atoms with Gasteiger partial charge in [0.25, 0.3) is 0 Å². The molecule has 1 aromatic rings. The molecule has 0 spiro atoms. The number of hydrogen-bond donors (Lipinski definition) is 2. The molecule has 1 heterocycles. The highest BCUT2D eigenvalue weighted by molar-refractivity contribution is 5.13. The van der Waals surface area contributed by atoms with Crippen molar-refractivity contribution in [2.24, 2.45) is 0 Å². The van der Waals surface area contributed by atoms with Crippen molar-refractivity contribution in [3.8, 4) is 0 Å². The van der Waals surface area contributed by atoms with E-state index in [1.165, 1.54) is 0 Å². The second-order valence-corrected chi connectivity index (χ2v) is 5.75. The van der Waals surface area contributed by atoms with E-state index >= 15 is 0 Å². The largest absolute Gasteiger partial charge is 0.387 e. The molecule has 1 saturated heterocycles. The molecule has 2 rings (SSSR count). The van der Waals surface area contributed by atoms with Gasteiger partial charge in [0.1, 0.15) is 18.3 Å². The van der Waals surface area contributed by atoms with Crippen LogP contribution in [0.5, 0.6) is 0 Å². The summed E-state index contributed by atoms with van der Waals surface area (Å²) in [5, 5.41) is 20.5. The quantitative estimate of drug-likeness (QED) is 0.566. The van der Waals surface area contributed by atoms with Crippen molar-refractivity contribution in [2.45, 2.75) is 57.1 Å². The molecule has 5 atom stereocenters. The minimum Gasteiger partial charge on any atom is -0.387 e. The van der Waals surface area contributed by atoms with Gasteiger partial charge in [-0.15, -0.1) is 6.58 Å². The van der Waals surface area contributed by atoms with Gasteiger partial charge in [-0.25, -0.2) is 0 Å². The molecule has 0 amide bonds. The third-order valence-corrected chi connectivity index (χ3v) is 3.90. The van der Waals surface area contributed by atoms with E-state index in [-0.39, 0.29) is 6.10 Å². The number of unbranched alkanes of at least 4 members (excludes halogenated alkanes) is 1. The SMILES string of the molecule is C=CCCCO[C@@H]1O[C@@H](C)[C@@H](OCc2ccccc2)[C@@H](O)[C@H]1O. The zero-order valence-corrected chi connectivity index (χ0v) is 13.5. The van der Waals surface area contributed by atoms with Crippen LogP contribution in [0.3, 0.4) is 0 Å². The molecule has 0 unspecified atom stereocenters. The highest BCUT2D eigenvalue weighted by Gasteiger charge is 2.43. The van der Waals surface area contributed by atoms with E-state index in [0.29, 0.717) is 13.2 Å². The summed E-state index contributed by atoms with van der Waals surface area (Å²) in [6.07, 6.45) is -0.534. The average molecular weight is 322 g/mol. The van der Waals surface area contributed by atoms with Crippen LogP contribution in [-0.2, 0) is 20.8 Å². The third kappa shape index (κ3) is 5.12. The maximum Gasteiger partial charge on any atom is 0.186 e. The van der Waals surface area contributed by atoms with Crippen LogP contribution in [-0.4, -0.2) is 47.5 Å². The van der Waals surface area contributed by atoms with E-state index in [9.17, 15) is 10.2 Å². The summed E-state index contributed by atoms with van der Waals surface area (Å²) < 4.78 is 16.9. The van der Waals surface area contributed by atoms with Gasteiger partial charge in [0, 0.05) is 0 Å². The first-order valence-electron chi connectivity index (χ1n) is 8.03. The van der Waals surface area contributed by atoms with Crippen LogP contribution in [0.4, 0.5) is 0 Å². The van der Waals surface area contributed by atoms with Gasteiger partial charge in [0.05, 0.1) is 19.3 Å². The Kier molecular flexibility index (Phi) is 7.20. The van der Waals surface area contributed by atoms with Gasteiger partial charge in [0.2, 0.25) is 0 Å². The Morgan fingerprint density at radius 1 is 1.17 bits per heavy atom. The first kappa shape index (κ1) is 18.1. The van der Waals surface area contributed by atoms with E-state index in [1.807, 2.05) is 43.3 Å². The number of aliphatic hydroxyl groups excluding tert-OH is 2. The molecule has 0 radical (unpaired) electrons. The Labute approximate surface area is 137 Å². The maximum atomic E-state index is 10.3. The van der Waals surface area contributed by atoms with Gasteiger partial charge in [-0.3, -0.25) is 0 Å². The monoisotopic (exact) mass is 322 g/mol. The van der Waals surface area contributed by atoms with Crippen molar-refractivity contribution < 1.29 is 24.4 Å². The molecule has 2 N–H and O–H groups in total. The van der Waals surface area contributed by atoms with Crippen molar-refractivity contribution in [2.75, 3.05) is 6.61 Å². The Hall–Kier alpha value is -1.24. The lowest BCUT2D eigenvalue weighted by Gasteiger charge is -2.41. The predicted molar refractivity (Wildman–Crippen MR) is 86.8 cm³/mol. The summed E-state index contributed by atoms with van der Waals surface area (Å²) in [7, 11) is 0. The summed E-state index contributed by atoms with van der Waals surface area (Å²) >= 11 is 0. The molecular weight excluding hydrogens is 296 g/mol. The highest BCUT2D eigenvalue weighted by atomic mass is 16.7. The Balaban J connectivity index is 1.85. The number of benzene rings is 1. The van der Waals surface area contributed by atoms with Gasteiger partial charge in [0.15, 0.2) is 6.29 Å². The van der Waals surface area contributed by atoms with Gasteiger partial charge >= 0.3 is 0 Å². The van der Waals surface area contributed by atoms with Crippen LogP contribution in [0, 0.1) is 0 Å². The first-order chi connectivity index (χ1) is 11.1. The van der Waals surface area contributed by atoms with Crippen LogP contribution in [0.25, 0.3) is 0 Å². The van der Waals surface area contributed by atoms with Crippen LogP contribution in [0.2, 0.25) is 0 Å². The fourth-order valence-corrected chi connectivity index (χ4v) is 2.57. The number of aliphatic hydroxyl groups is 2. The van der Waals surface area contributed by atoms with Gasteiger partial charge in [-0.1, -0.05) is 36.4 Å². The van der Waals surface area contributed by atoms with Gasteiger partial charge in [-0.05, 0) is 25.3 Å². The van der Waals surface area contributed by atoms with E-state index in [1.54, 1.807) is 0 Å². The second kappa shape index (κ2) is 9.15. The zero-order valence-electron chi connectivity index (χ0n) is 13.5. The number of allylic oxidation sites excluding steroid dienone is 1. The normalized spacial score (nSPS) is 31.0. The molecule has 0 saturated carbocycles. The Bertz CT molecular complexity index is 464. The van der Waals surface area contributed by atoms with Crippen LogP contribution in [0.15, 0.2) is 43.0 Å². The zero-order chi connectivity index (χ0) is 16.7. The smallest absolute Gasteiger partial charge is 0.186 e. The second-order valence-electron chi connectivity index (χ2n) is 5.75. The summed E-state index contributed by atoms with van der Waals surface area (Å²) in [5.41, 5.74) is 1.00. The number of hydrogen-bond acceptors (Lipinski definition) is 5. The minimum atomic E-state index is -1.13. The summed E-state index contributed by atoms with van der Waals surface area (Å²) in [4.78, 5) is 0. The van der Waals surface area contributed by atoms with E-state index in [2.05, 4.69) is 6.58 Å². The van der Waals surface area contributed by atoms with E-state index in [4.69, 9.17) is 14.2 Å². The number of ether oxygens (including phenoxy) is 3. The first-order valence-corrected chi connectivity index (χ1v) is 8.03. The van der Waals surface area contributed by atoms with Crippen molar-refractivity contribution in [3.63, 3.8) is 0 Å². The summed E-state index contributed by atoms with van der Waals surface area (Å²) in [6.45, 7) is 6.26. The Morgan fingerprint density at radius 3 is 2.61 bits per heavy atom. The van der Waals surface area contributed by atoms with E-state index < -0.39 is 24.6 Å². The maximum absolute atomic E-state index is 10.3. The summed E-state index contributed by atoms with van der Waals surface area (Å²) in [5.74, 6) is 0. The van der Waals surface area contributed by atoms with Crippen molar-refractivity contribution in [3.05, 3.63) is 48.6 Å². The molecule has 1 aliphatic heterocycles. The number of rotatable bonds is 8. The van der Waals surface area contributed by atoms with Crippen LogP contribution >= 0.6 is 0 Å². The molecule has 0 aromatic heterocycles. The van der Waals surface area contributed by atoms with Crippen LogP contribution < -0.4 is 0 Å². The molecule has 1 aromatic carbocycles. The fourth-order valence-electron chi connectivity index (χ4n) is 2.57. The van der Waals surface area contributed by atoms with Crippen LogP contribution in [0.1, 0.15) is 25.3 Å². The van der Waals surface area contributed by atoms with Gasteiger partial charge < -0.3 is 24.4 Å². The molecule has 128 valence electrons. The predicted octanol–water partition coefficient (Wildman–Crippen LogP) is 2.02. The average Bonchev–Trinajstić information content (AvgIpc) is 2.57. The lowest BCUT2D eigenvalue weighted by atomic mass is 9.99. The molecule has 1 aliphatic rings. The molecule has 5 heteroatoms. The fraction of sp³-hybridized carbons (Fsp3) is 0.556. The third-order valence-electron chi connectivity index (χ3n) is 3.90. The van der Waals surface area contributed by atoms with Crippen molar-refractivity contribution >= 4 is 0 Å². The van der Waals surface area contributed by atoms with Gasteiger partial charge in [-0.2, -0.15) is 0 Å². The molecule has 0 bridgehead atoms. The summed E-state index contributed by atoms with van der Waals surface area (Å²) in [6, 6.07) is 9.68. The van der Waals surface area contributed by atoms with Crippen molar-refractivity contribution in [1.82, 2.24) is 0 Å². The minimum absolute atomic E-state index is 0.355. The Morgan fingerprint density at radius 2 is 1.91 bits per heavy atom. The molecular formula is C18H26O5. The standard InChI is InChI=1S/C18H26O5/c1-3-4-8-11-21-18-16(20)15(19)17(13(2)23-18)22-12-14-9-6-5-7-10-14/h3,5-7,9-10,13,15-20H,1,4,8,11-12H2,2H3/t13-,15-,16+,17+,18+/m0/s1. The highest BCUT2D eigenvalue weighted by Crippen LogP contribution is 2.25. The van der Waals surface area contributed by atoms with E-state index in [0.717, 1.165) is 18.4 Å². The van der Waals surface area contributed by atoms with Crippen molar-refractivity contribution in [1.29, 1.82) is 0 Å². The molecule has 1 fully saturated rings. The molecule has 0 aliphatic carbocycles. The topological polar surface area (TPSA) is 68.2 Å².